The van der Waals surface area contributed by atoms with Crippen LogP contribution in [0.15, 0.2) is 346 Å². The zero-order valence-corrected chi connectivity index (χ0v) is 72.6. The summed E-state index contributed by atoms with van der Waals surface area (Å²) in [6.45, 7) is 20.2. The van der Waals surface area contributed by atoms with Gasteiger partial charge < -0.3 is 19.3 Å². The van der Waals surface area contributed by atoms with Crippen LogP contribution in [0.3, 0.4) is 0 Å². The summed E-state index contributed by atoms with van der Waals surface area (Å²) in [5, 5.41) is 27.3. The smallest absolute Gasteiger partial charge is 0.148 e. The van der Waals surface area contributed by atoms with Gasteiger partial charge in [0.1, 0.15) is 23.1 Å². The molecule has 0 atom stereocenters. The van der Waals surface area contributed by atoms with E-state index in [4.69, 9.17) is 19.9 Å². The van der Waals surface area contributed by atoms with Gasteiger partial charge in [0, 0.05) is 110 Å². The number of aromatic hydroxyl groups is 2. The molecule has 12 heteroatoms. The number of nitrogens with zero attached hydrogens (tertiary/aromatic N) is 8. The SMILES string of the molecule is CC(C)(C)c1cc(-c2cc3c4ccccc4n(-c4ccccc4)c3cn2)[c-]c(-c2cccc3c2nc(-c2ccccc2O)n3-c2ccc(C(C)(C)C)cc2-c2ccccc2)c1.CC(C)(C)c1ccc(-n2c(-c3ccccc3O)nc3c(-c4[c-]c(-c5cc6c7ccccc7n(-c7ccccc7)c6cn5)ccc4)cccc32)c(-c2ccccc2)c1.[Pt].[Pt]. The molecule has 6 aromatic heterocycles. The Labute approximate surface area is 728 Å². The Hall–Kier alpha value is -13.1. The number of aromatic nitrogens is 8. The molecule has 0 radical (unpaired) electrons. The van der Waals surface area contributed by atoms with Crippen molar-refractivity contribution in [3.05, 3.63) is 375 Å². The number of para-hydroxylation sites is 8. The van der Waals surface area contributed by atoms with Crippen molar-refractivity contribution >= 4 is 65.7 Å². The van der Waals surface area contributed by atoms with Crippen LogP contribution in [0.4, 0.5) is 0 Å². The molecule has 592 valence electrons. The molecular weight excluding hydrogens is 1830 g/mol. The van der Waals surface area contributed by atoms with Crippen molar-refractivity contribution in [3.8, 4) is 124 Å². The largest absolute Gasteiger partial charge is 0.507 e. The van der Waals surface area contributed by atoms with E-state index in [0.29, 0.717) is 22.8 Å². The van der Waals surface area contributed by atoms with E-state index in [1.807, 2.05) is 67.0 Å². The van der Waals surface area contributed by atoms with Crippen LogP contribution in [0, 0.1) is 12.1 Å². The Balaban J connectivity index is 0.000000169. The van der Waals surface area contributed by atoms with E-state index < -0.39 is 0 Å². The minimum atomic E-state index is -0.167. The van der Waals surface area contributed by atoms with Gasteiger partial charge in [-0.15, -0.1) is 59.2 Å². The van der Waals surface area contributed by atoms with Crippen LogP contribution in [0.5, 0.6) is 11.5 Å². The van der Waals surface area contributed by atoms with Gasteiger partial charge in [-0.1, -0.05) is 291 Å². The number of phenolic OH excluding ortho intramolecular Hbond substituents is 2. The van der Waals surface area contributed by atoms with Crippen LogP contribution >= 0.6 is 0 Å². The Morgan fingerprint density at radius 3 is 1.07 bits per heavy atom. The van der Waals surface area contributed by atoms with Crippen molar-refractivity contribution in [2.45, 2.75) is 78.6 Å². The second-order valence-corrected chi connectivity index (χ2v) is 33.6. The molecule has 0 spiro atoms. The molecule has 0 unspecified atom stereocenters. The standard InChI is InChI=1S/C56H47N4O.C52H39N4O.2Pt/c1-55(2,3)39-28-29-49(45(33-39)36-18-9-7-10-19-36)60-50-26-17-24-42(53(50)58-54(60)44-23-14-16-27-52(44)61)37-30-38(32-40(31-37)56(4,5)6)47-34-46-43-22-13-15-25-48(43)59(51(46)35-57-47)41-20-11-8-12-21-41;1-52(2,3)37-28-29-46(42(31-37)34-16-6-4-7-17-34)56-47-26-15-24-39(50(47)54-51(56)41-23-11-13-27-49(41)57)35-18-14-19-36(30-35)44-32-43-40-22-10-12-25-45(40)55(48(43)33-53-44)38-20-8-5-9-21-38;;/h7-29,31-35,61H,1-6H3;4-29,31-33,57H,1-3H3;;/q2*-1;;. The van der Waals surface area contributed by atoms with E-state index >= 15 is 0 Å². The fraction of sp³-hybridized carbons (Fsp3) is 0.111. The maximum absolute atomic E-state index is 11.4. The number of fused-ring (bicyclic) bond motifs is 8. The van der Waals surface area contributed by atoms with Crippen LogP contribution in [-0.4, -0.2) is 48.4 Å². The molecule has 6 heterocycles. The Morgan fingerprint density at radius 2 is 0.625 bits per heavy atom. The van der Waals surface area contributed by atoms with Gasteiger partial charge in [0.15, 0.2) is 0 Å². The average Bonchev–Trinajstić information content (AvgIpc) is 1.65. The number of hydrogen-bond donors (Lipinski definition) is 2. The molecular formula is C108H86N8O2Pt2-2. The quantitative estimate of drug-likeness (QED) is 0.118. The third kappa shape index (κ3) is 14.6. The molecule has 10 nitrogen and oxygen atoms in total. The van der Waals surface area contributed by atoms with Crippen LogP contribution in [-0.2, 0) is 58.4 Å². The van der Waals surface area contributed by atoms with Crippen molar-refractivity contribution in [1.29, 1.82) is 0 Å². The van der Waals surface area contributed by atoms with E-state index in [2.05, 4.69) is 360 Å². The van der Waals surface area contributed by atoms with Crippen LogP contribution in [0.25, 0.3) is 178 Å². The fourth-order valence-corrected chi connectivity index (χ4v) is 16.7. The van der Waals surface area contributed by atoms with Gasteiger partial charge >= 0.3 is 0 Å². The van der Waals surface area contributed by atoms with Crippen molar-refractivity contribution in [3.63, 3.8) is 0 Å². The molecule has 0 amide bonds. The predicted octanol–water partition coefficient (Wildman–Crippen LogP) is 27.3. The molecule has 14 aromatic carbocycles. The summed E-state index contributed by atoms with van der Waals surface area (Å²) in [5.74, 6) is 1.67. The van der Waals surface area contributed by atoms with Gasteiger partial charge in [0.05, 0.1) is 66.6 Å². The molecule has 0 aliphatic carbocycles. The molecule has 2 N–H and O–H groups in total. The summed E-state index contributed by atoms with van der Waals surface area (Å²) in [5.41, 5.74) is 28.4. The first-order valence-corrected chi connectivity index (χ1v) is 40.3. The number of rotatable bonds is 12. The normalized spacial score (nSPS) is 11.8. The average molecular weight is 1920 g/mol. The van der Waals surface area contributed by atoms with Gasteiger partial charge in [-0.3, -0.25) is 19.1 Å². The number of hydrogen-bond acceptors (Lipinski definition) is 6. The van der Waals surface area contributed by atoms with Crippen LogP contribution in [0.1, 0.15) is 79.0 Å². The number of pyridine rings is 2. The first-order valence-electron chi connectivity index (χ1n) is 40.3. The first kappa shape index (κ1) is 79.4. The van der Waals surface area contributed by atoms with Crippen molar-refractivity contribution in [2.75, 3.05) is 0 Å². The van der Waals surface area contributed by atoms with Crippen molar-refractivity contribution in [1.82, 2.24) is 38.2 Å². The summed E-state index contributed by atoms with van der Waals surface area (Å²) in [6.07, 6.45) is 3.99. The van der Waals surface area contributed by atoms with Crippen molar-refractivity contribution < 1.29 is 52.3 Å². The van der Waals surface area contributed by atoms with Crippen LogP contribution in [0.2, 0.25) is 0 Å². The molecule has 0 saturated carbocycles. The predicted molar refractivity (Wildman–Crippen MR) is 487 cm³/mol. The van der Waals surface area contributed by atoms with Gasteiger partial charge in [0.2, 0.25) is 0 Å². The van der Waals surface area contributed by atoms with Gasteiger partial charge in [-0.05, 0) is 136 Å². The maximum atomic E-state index is 11.4. The van der Waals surface area contributed by atoms with E-state index in [-0.39, 0.29) is 69.9 Å². The summed E-state index contributed by atoms with van der Waals surface area (Å²) in [7, 11) is 0. The molecule has 0 aliphatic heterocycles. The Morgan fingerprint density at radius 1 is 0.267 bits per heavy atom. The first-order chi connectivity index (χ1) is 57.3. The van der Waals surface area contributed by atoms with Gasteiger partial charge in [-0.25, -0.2) is 9.97 Å². The molecule has 0 saturated heterocycles. The number of benzene rings is 14. The van der Waals surface area contributed by atoms with E-state index in [9.17, 15) is 10.2 Å². The third-order valence-corrected chi connectivity index (χ3v) is 22.8. The minimum Gasteiger partial charge on any atom is -0.507 e. The Bertz CT molecular complexity index is 7270. The van der Waals surface area contributed by atoms with Crippen LogP contribution < -0.4 is 0 Å². The second-order valence-electron chi connectivity index (χ2n) is 33.6. The molecule has 120 heavy (non-hydrogen) atoms. The van der Waals surface area contributed by atoms with Gasteiger partial charge in [-0.2, -0.15) is 0 Å². The van der Waals surface area contributed by atoms with Gasteiger partial charge in [0.25, 0.3) is 0 Å². The molecule has 20 rings (SSSR count). The second kappa shape index (κ2) is 32.0. The molecule has 20 aromatic rings. The monoisotopic (exact) mass is 1920 g/mol. The Kier molecular flexibility index (Phi) is 21.1. The molecule has 0 fully saturated rings. The van der Waals surface area contributed by atoms with E-state index in [1.54, 1.807) is 12.1 Å². The number of imidazole rings is 2. The fourth-order valence-electron chi connectivity index (χ4n) is 16.7. The van der Waals surface area contributed by atoms with E-state index in [0.717, 1.165) is 145 Å². The molecule has 0 bridgehead atoms. The summed E-state index contributed by atoms with van der Waals surface area (Å²) in [6, 6.07) is 123. The van der Waals surface area contributed by atoms with Crippen molar-refractivity contribution in [2.24, 2.45) is 0 Å². The summed E-state index contributed by atoms with van der Waals surface area (Å²) in [4.78, 5) is 21.0. The number of phenols is 2. The topological polar surface area (TPSA) is 112 Å². The molecule has 0 aliphatic rings. The zero-order chi connectivity index (χ0) is 80.7. The zero-order valence-electron chi connectivity index (χ0n) is 68.0. The summed E-state index contributed by atoms with van der Waals surface area (Å²) < 4.78 is 8.99. The minimum absolute atomic E-state index is 0. The summed E-state index contributed by atoms with van der Waals surface area (Å²) >= 11 is 0. The third-order valence-electron chi connectivity index (χ3n) is 22.8. The van der Waals surface area contributed by atoms with E-state index in [1.165, 1.54) is 27.5 Å². The maximum Gasteiger partial charge on any atom is 0.148 e.